The van der Waals surface area contributed by atoms with Crippen molar-refractivity contribution in [3.05, 3.63) is 24.3 Å². The minimum atomic E-state index is -1.22. The predicted octanol–water partition coefficient (Wildman–Crippen LogP) is 1.74. The molecular weight excluding hydrogens is 434 g/mol. The van der Waals surface area contributed by atoms with Gasteiger partial charge in [-0.1, -0.05) is 57.9 Å². The molecule has 0 aromatic rings. The quantitative estimate of drug-likeness (QED) is 0.407. The monoisotopic (exact) mass is 473 g/mol. The number of aliphatic hydroxyl groups excluding tert-OH is 1. The van der Waals surface area contributed by atoms with E-state index in [4.69, 9.17) is 4.74 Å². The minimum Gasteiger partial charge on any atom is -0.395 e. The lowest BCUT2D eigenvalue weighted by Gasteiger charge is -2.38. The molecular formula is C26H39N3O5. The molecule has 1 unspecified atom stereocenters. The van der Waals surface area contributed by atoms with Gasteiger partial charge in [0.05, 0.1) is 24.0 Å². The first kappa shape index (κ1) is 24.9. The van der Waals surface area contributed by atoms with Gasteiger partial charge in [-0.05, 0) is 19.3 Å². The number of hydrogen-bond donors (Lipinski definition) is 1. The van der Waals surface area contributed by atoms with Crippen LogP contribution in [0.3, 0.4) is 0 Å². The van der Waals surface area contributed by atoms with Gasteiger partial charge >= 0.3 is 0 Å². The van der Waals surface area contributed by atoms with Crippen LogP contribution in [-0.2, 0) is 19.1 Å². The van der Waals surface area contributed by atoms with Crippen molar-refractivity contribution in [2.75, 3.05) is 39.3 Å². The zero-order valence-electron chi connectivity index (χ0n) is 20.7. The van der Waals surface area contributed by atoms with Crippen molar-refractivity contribution in [1.82, 2.24) is 14.7 Å². The fourth-order valence-corrected chi connectivity index (χ4v) is 6.43. The Hall–Kier alpha value is -2.19. The van der Waals surface area contributed by atoms with E-state index in [0.29, 0.717) is 32.6 Å². The summed E-state index contributed by atoms with van der Waals surface area (Å²) in [5.41, 5.74) is -2.16. The maximum absolute atomic E-state index is 13.9. The van der Waals surface area contributed by atoms with Gasteiger partial charge in [0.25, 0.3) is 0 Å². The van der Waals surface area contributed by atoms with E-state index < -0.39 is 29.1 Å². The zero-order chi connectivity index (χ0) is 24.5. The molecule has 2 fully saturated rings. The Balaban J connectivity index is 1.80. The van der Waals surface area contributed by atoms with Crippen molar-refractivity contribution in [3.63, 3.8) is 0 Å². The first-order valence-electron chi connectivity index (χ1n) is 12.9. The molecule has 4 heterocycles. The molecule has 3 amide bonds. The molecule has 0 aliphatic carbocycles. The third-order valence-corrected chi connectivity index (χ3v) is 7.97. The number of unbranched alkanes of at least 4 members (excludes halogenated alkanes) is 2. The third kappa shape index (κ3) is 3.70. The van der Waals surface area contributed by atoms with Gasteiger partial charge in [0.2, 0.25) is 17.7 Å². The molecule has 0 saturated carbocycles. The molecule has 188 valence electrons. The number of β-amino-alcohol motifs (C(OH)–C–C–N with tert-alkyl or cyclic N) is 1. The number of nitrogens with zero attached hydrogens (tertiary/aromatic N) is 3. The Morgan fingerprint density at radius 3 is 2.24 bits per heavy atom. The maximum atomic E-state index is 13.9. The smallest absolute Gasteiger partial charge is 0.249 e. The van der Waals surface area contributed by atoms with Crippen LogP contribution in [0.25, 0.3) is 0 Å². The standard InChI is InChI=1S/C26H39N3O5/c1-4-7-8-14-28-16-10-12-26-20(23(32)29(17-18-30)21(26)24(28)33)19-22(31)27(13-5-2)15-9-11-25(19,6-3)34-26/h9-12,19-21,30H,4-8,13-18H2,1-3H3/t19-,20-,21?,25+,26-/m0/s1. The molecule has 8 heteroatoms. The Kier molecular flexibility index (Phi) is 7.20. The second-order valence-corrected chi connectivity index (χ2v) is 9.96. The molecule has 34 heavy (non-hydrogen) atoms. The lowest BCUT2D eigenvalue weighted by atomic mass is 9.73. The zero-order valence-corrected chi connectivity index (χ0v) is 20.7. The fourth-order valence-electron chi connectivity index (χ4n) is 6.43. The molecule has 0 bridgehead atoms. The lowest BCUT2D eigenvalue weighted by Crippen LogP contribution is -2.56. The number of carbonyl (C=O) groups excluding carboxylic acids is 3. The van der Waals surface area contributed by atoms with E-state index in [-0.39, 0.29) is 30.9 Å². The number of carbonyl (C=O) groups is 3. The second kappa shape index (κ2) is 9.82. The van der Waals surface area contributed by atoms with Gasteiger partial charge < -0.3 is 24.5 Å². The van der Waals surface area contributed by atoms with Gasteiger partial charge in [-0.2, -0.15) is 0 Å². The summed E-state index contributed by atoms with van der Waals surface area (Å²) in [6.07, 6.45) is 12.1. The maximum Gasteiger partial charge on any atom is 0.249 e. The summed E-state index contributed by atoms with van der Waals surface area (Å²) in [6.45, 7) is 8.08. The third-order valence-electron chi connectivity index (χ3n) is 7.97. The molecule has 1 N–H and O–H groups in total. The molecule has 5 atom stereocenters. The molecule has 8 nitrogen and oxygen atoms in total. The Labute approximate surface area is 202 Å². The highest BCUT2D eigenvalue weighted by Crippen LogP contribution is 2.58. The Morgan fingerprint density at radius 1 is 0.882 bits per heavy atom. The van der Waals surface area contributed by atoms with Crippen LogP contribution in [0.15, 0.2) is 24.3 Å². The van der Waals surface area contributed by atoms with Crippen LogP contribution in [0.2, 0.25) is 0 Å². The molecule has 0 aromatic carbocycles. The minimum absolute atomic E-state index is 0.0437. The number of likely N-dealkylation sites (tertiary alicyclic amines) is 1. The molecule has 4 aliphatic rings. The Bertz CT molecular complexity index is 872. The van der Waals surface area contributed by atoms with E-state index in [0.717, 1.165) is 25.7 Å². The molecule has 4 aliphatic heterocycles. The van der Waals surface area contributed by atoms with Crippen LogP contribution in [0.4, 0.5) is 0 Å². The van der Waals surface area contributed by atoms with Crippen LogP contribution >= 0.6 is 0 Å². The number of rotatable bonds is 9. The van der Waals surface area contributed by atoms with Crippen LogP contribution < -0.4 is 0 Å². The normalized spacial score (nSPS) is 34.9. The number of amides is 3. The van der Waals surface area contributed by atoms with Gasteiger partial charge in [-0.25, -0.2) is 0 Å². The van der Waals surface area contributed by atoms with E-state index in [1.54, 1.807) is 9.80 Å². The molecule has 4 rings (SSSR count). The number of aliphatic hydroxyl groups is 1. The van der Waals surface area contributed by atoms with Crippen LogP contribution in [-0.4, -0.2) is 94.1 Å². The molecule has 0 aromatic heterocycles. The van der Waals surface area contributed by atoms with E-state index >= 15 is 0 Å². The van der Waals surface area contributed by atoms with Crippen LogP contribution in [0.1, 0.15) is 52.9 Å². The van der Waals surface area contributed by atoms with Crippen molar-refractivity contribution >= 4 is 17.7 Å². The van der Waals surface area contributed by atoms with E-state index in [1.807, 2.05) is 38.2 Å². The molecule has 2 saturated heterocycles. The highest BCUT2D eigenvalue weighted by atomic mass is 16.5. The summed E-state index contributed by atoms with van der Waals surface area (Å²) in [4.78, 5) is 46.8. The summed E-state index contributed by atoms with van der Waals surface area (Å²) in [7, 11) is 0. The summed E-state index contributed by atoms with van der Waals surface area (Å²) in [5, 5.41) is 9.77. The van der Waals surface area contributed by atoms with E-state index in [1.165, 1.54) is 4.90 Å². The number of hydrogen-bond acceptors (Lipinski definition) is 5. The average Bonchev–Trinajstić information content (AvgIpc) is 3.11. The summed E-state index contributed by atoms with van der Waals surface area (Å²) in [6, 6.07) is -0.881. The highest BCUT2D eigenvalue weighted by Gasteiger charge is 2.75. The van der Waals surface area contributed by atoms with Gasteiger partial charge in [0, 0.05) is 32.7 Å². The van der Waals surface area contributed by atoms with Crippen molar-refractivity contribution in [2.24, 2.45) is 11.8 Å². The van der Waals surface area contributed by atoms with Gasteiger partial charge in [-0.15, -0.1) is 0 Å². The van der Waals surface area contributed by atoms with Gasteiger partial charge in [0.15, 0.2) is 0 Å². The van der Waals surface area contributed by atoms with Crippen molar-refractivity contribution < 1.29 is 24.2 Å². The number of ether oxygens (including phenoxy) is 1. The Morgan fingerprint density at radius 2 is 1.59 bits per heavy atom. The highest BCUT2D eigenvalue weighted by molar-refractivity contribution is 6.00. The van der Waals surface area contributed by atoms with Crippen LogP contribution in [0, 0.1) is 11.8 Å². The fraction of sp³-hybridized carbons (Fsp3) is 0.731. The van der Waals surface area contributed by atoms with E-state index in [9.17, 15) is 19.5 Å². The molecule has 1 spiro atoms. The van der Waals surface area contributed by atoms with Gasteiger partial charge in [-0.3, -0.25) is 14.4 Å². The lowest BCUT2D eigenvalue weighted by molar-refractivity contribution is -0.154. The summed E-state index contributed by atoms with van der Waals surface area (Å²) in [5.74, 6) is -2.01. The van der Waals surface area contributed by atoms with Crippen molar-refractivity contribution in [2.45, 2.75) is 70.1 Å². The average molecular weight is 474 g/mol. The van der Waals surface area contributed by atoms with Crippen molar-refractivity contribution in [1.29, 1.82) is 0 Å². The van der Waals surface area contributed by atoms with Crippen LogP contribution in [0.5, 0.6) is 0 Å². The second-order valence-electron chi connectivity index (χ2n) is 9.96. The topological polar surface area (TPSA) is 90.4 Å². The van der Waals surface area contributed by atoms with Gasteiger partial charge in [0.1, 0.15) is 11.6 Å². The van der Waals surface area contributed by atoms with E-state index in [2.05, 4.69) is 6.92 Å². The summed E-state index contributed by atoms with van der Waals surface area (Å²) < 4.78 is 6.85. The summed E-state index contributed by atoms with van der Waals surface area (Å²) >= 11 is 0. The first-order chi connectivity index (χ1) is 16.4. The predicted molar refractivity (Wildman–Crippen MR) is 128 cm³/mol. The first-order valence-corrected chi connectivity index (χ1v) is 12.9. The molecule has 0 radical (unpaired) electrons. The number of fused-ring (bicyclic) bond motifs is 2. The SMILES string of the molecule is CCCCCN1CC=C[C@]23O[C@]4(CC)C=CCN(CCC)C(=O)[C@@H]4[C@H]2C(=O)N(CCO)C3C1=O. The van der Waals surface area contributed by atoms with Crippen molar-refractivity contribution in [3.8, 4) is 0 Å². The largest absolute Gasteiger partial charge is 0.395 e.